The number of esters is 3. The van der Waals surface area contributed by atoms with Crippen LogP contribution in [0.3, 0.4) is 0 Å². The van der Waals surface area contributed by atoms with Gasteiger partial charge >= 0.3 is 17.9 Å². The number of carbonyl (C=O) groups is 3. The van der Waals surface area contributed by atoms with Gasteiger partial charge in [-0.2, -0.15) is 0 Å². The van der Waals surface area contributed by atoms with Crippen LogP contribution in [0.5, 0.6) is 0 Å². The average Bonchev–Trinajstić information content (AvgIpc) is 3.15. The van der Waals surface area contributed by atoms with Gasteiger partial charge in [0.1, 0.15) is 13.2 Å². The Morgan fingerprint density at radius 3 is 0.943 bits per heavy atom. The molecule has 0 rings (SSSR count). The van der Waals surface area contributed by atoms with Crippen molar-refractivity contribution in [3.05, 3.63) is 12.2 Å². The third kappa shape index (κ3) is 41.2. The maximum Gasteiger partial charge on any atom is 0.306 e. The van der Waals surface area contributed by atoms with Crippen LogP contribution in [0, 0.1) is 0 Å². The van der Waals surface area contributed by atoms with Gasteiger partial charge in [-0.3, -0.25) is 14.4 Å². The fraction of sp³-hybridized carbons (Fsp3) is 0.894. The van der Waals surface area contributed by atoms with Crippen molar-refractivity contribution in [1.82, 2.24) is 0 Å². The van der Waals surface area contributed by atoms with E-state index in [9.17, 15) is 14.4 Å². The van der Waals surface area contributed by atoms with Crippen LogP contribution in [0.15, 0.2) is 12.2 Å². The van der Waals surface area contributed by atoms with E-state index in [1.807, 2.05) is 0 Å². The fourth-order valence-electron chi connectivity index (χ4n) is 6.73. The van der Waals surface area contributed by atoms with Crippen LogP contribution >= 0.6 is 0 Å². The van der Waals surface area contributed by atoms with Crippen molar-refractivity contribution in [2.24, 2.45) is 0 Å². The van der Waals surface area contributed by atoms with Gasteiger partial charge in [-0.1, -0.05) is 200 Å². The smallest absolute Gasteiger partial charge is 0.306 e. The first-order valence-corrected chi connectivity index (χ1v) is 23.2. The molecule has 6 nitrogen and oxygen atoms in total. The van der Waals surface area contributed by atoms with Crippen molar-refractivity contribution >= 4 is 17.9 Å². The summed E-state index contributed by atoms with van der Waals surface area (Å²) in [6, 6.07) is 0. The van der Waals surface area contributed by atoms with E-state index < -0.39 is 6.10 Å². The molecule has 312 valence electrons. The molecule has 0 heterocycles. The van der Waals surface area contributed by atoms with Crippen LogP contribution in [0.1, 0.15) is 252 Å². The minimum atomic E-state index is -0.764. The van der Waals surface area contributed by atoms with E-state index in [0.29, 0.717) is 19.3 Å². The molecule has 1 unspecified atom stereocenters. The second kappa shape index (κ2) is 42.9. The van der Waals surface area contributed by atoms with Gasteiger partial charge in [-0.05, 0) is 44.9 Å². The van der Waals surface area contributed by atoms with Crippen LogP contribution in [-0.4, -0.2) is 37.2 Å². The first-order valence-electron chi connectivity index (χ1n) is 23.2. The summed E-state index contributed by atoms with van der Waals surface area (Å²) in [7, 11) is 0. The molecule has 0 N–H and O–H groups in total. The Morgan fingerprint density at radius 2 is 0.623 bits per heavy atom. The lowest BCUT2D eigenvalue weighted by Crippen LogP contribution is -2.30. The van der Waals surface area contributed by atoms with Crippen LogP contribution in [0.25, 0.3) is 0 Å². The normalized spacial score (nSPS) is 12.0. The first-order chi connectivity index (χ1) is 26.0. The highest BCUT2D eigenvalue weighted by Crippen LogP contribution is 2.15. The van der Waals surface area contributed by atoms with Gasteiger partial charge in [-0.25, -0.2) is 0 Å². The molecule has 1 atom stereocenters. The number of allylic oxidation sites excluding steroid dienone is 2. The molecule has 0 saturated carbocycles. The maximum absolute atomic E-state index is 12.7. The third-order valence-electron chi connectivity index (χ3n) is 10.3. The lowest BCUT2D eigenvalue weighted by molar-refractivity contribution is -0.167. The molecule has 0 radical (unpaired) electrons. The van der Waals surface area contributed by atoms with Crippen LogP contribution in [-0.2, 0) is 28.6 Å². The lowest BCUT2D eigenvalue weighted by Gasteiger charge is -2.18. The Balaban J connectivity index is 4.31. The molecule has 0 spiro atoms. The van der Waals surface area contributed by atoms with Gasteiger partial charge in [0.25, 0.3) is 0 Å². The Kier molecular flexibility index (Phi) is 41.4. The zero-order chi connectivity index (χ0) is 38.7. The number of carbonyl (C=O) groups excluding carboxylic acids is 3. The Labute approximate surface area is 329 Å². The SMILES string of the molecule is CCCCCCC/C=C\CCCCCCCC(=O)OCC(COC(=O)CCCCCCCCCC)OC(=O)CCCCCCCCCCCCCCC. The number of hydrogen-bond acceptors (Lipinski definition) is 6. The van der Waals surface area contributed by atoms with Crippen molar-refractivity contribution < 1.29 is 28.6 Å². The second-order valence-electron chi connectivity index (χ2n) is 15.7. The lowest BCUT2D eigenvalue weighted by atomic mass is 10.0. The predicted octanol–water partition coefficient (Wildman–Crippen LogP) is 14.6. The largest absolute Gasteiger partial charge is 0.462 e. The predicted molar refractivity (Wildman–Crippen MR) is 224 cm³/mol. The second-order valence-corrected chi connectivity index (χ2v) is 15.7. The minimum absolute atomic E-state index is 0.0687. The molecule has 0 aliphatic heterocycles. The molecule has 0 fully saturated rings. The molecule has 6 heteroatoms. The highest BCUT2D eigenvalue weighted by Gasteiger charge is 2.19. The fourth-order valence-corrected chi connectivity index (χ4v) is 6.73. The molecule has 0 aliphatic carbocycles. The van der Waals surface area contributed by atoms with E-state index in [0.717, 1.165) is 64.2 Å². The van der Waals surface area contributed by atoms with Crippen molar-refractivity contribution in [2.75, 3.05) is 13.2 Å². The van der Waals surface area contributed by atoms with E-state index in [4.69, 9.17) is 14.2 Å². The zero-order valence-corrected chi connectivity index (χ0v) is 35.6. The first kappa shape index (κ1) is 51.1. The summed E-state index contributed by atoms with van der Waals surface area (Å²) < 4.78 is 16.7. The molecule has 0 aromatic rings. The zero-order valence-electron chi connectivity index (χ0n) is 35.6. The highest BCUT2D eigenvalue weighted by molar-refractivity contribution is 5.71. The third-order valence-corrected chi connectivity index (χ3v) is 10.3. The maximum atomic E-state index is 12.7. The van der Waals surface area contributed by atoms with Gasteiger partial charge < -0.3 is 14.2 Å². The van der Waals surface area contributed by atoms with Gasteiger partial charge in [0.15, 0.2) is 6.10 Å². The van der Waals surface area contributed by atoms with Crippen molar-refractivity contribution in [2.45, 2.75) is 258 Å². The summed E-state index contributed by atoms with van der Waals surface area (Å²) in [6.07, 6.45) is 44.8. The molecular formula is C47H88O6. The standard InChI is InChI=1S/C47H88O6/c1-4-7-10-13-16-19-21-23-25-26-28-31-34-37-40-46(49)52-43-44(42-51-45(48)39-36-33-30-18-15-12-9-6-3)53-47(50)41-38-35-32-29-27-24-22-20-17-14-11-8-5-2/h21,23,44H,4-20,22,24-43H2,1-3H3/b23-21-. The summed E-state index contributed by atoms with van der Waals surface area (Å²) in [5.74, 6) is -0.873. The molecule has 53 heavy (non-hydrogen) atoms. The van der Waals surface area contributed by atoms with Gasteiger partial charge in [0.2, 0.25) is 0 Å². The molecule has 0 aromatic carbocycles. The number of unbranched alkanes of at least 4 members (excludes halogenated alkanes) is 29. The van der Waals surface area contributed by atoms with Crippen molar-refractivity contribution in [3.8, 4) is 0 Å². The van der Waals surface area contributed by atoms with Crippen molar-refractivity contribution in [3.63, 3.8) is 0 Å². The van der Waals surface area contributed by atoms with Crippen LogP contribution < -0.4 is 0 Å². The van der Waals surface area contributed by atoms with E-state index >= 15 is 0 Å². The summed E-state index contributed by atoms with van der Waals surface area (Å²) in [5, 5.41) is 0. The van der Waals surface area contributed by atoms with Crippen LogP contribution in [0.4, 0.5) is 0 Å². The molecule has 0 aromatic heterocycles. The minimum Gasteiger partial charge on any atom is -0.462 e. The molecule has 0 aliphatic rings. The van der Waals surface area contributed by atoms with E-state index in [-0.39, 0.29) is 31.1 Å². The topological polar surface area (TPSA) is 78.9 Å². The molecule has 0 amide bonds. The Bertz CT molecular complexity index is 824. The van der Waals surface area contributed by atoms with E-state index in [1.54, 1.807) is 0 Å². The summed E-state index contributed by atoms with van der Waals surface area (Å²) >= 11 is 0. The van der Waals surface area contributed by atoms with Crippen molar-refractivity contribution in [1.29, 1.82) is 0 Å². The van der Waals surface area contributed by atoms with Crippen LogP contribution in [0.2, 0.25) is 0 Å². The number of ether oxygens (including phenoxy) is 3. The van der Waals surface area contributed by atoms with E-state index in [2.05, 4.69) is 32.9 Å². The monoisotopic (exact) mass is 749 g/mol. The number of rotatable bonds is 42. The molecular weight excluding hydrogens is 661 g/mol. The molecule has 0 saturated heterocycles. The quantitative estimate of drug-likeness (QED) is 0.0268. The van der Waals surface area contributed by atoms with Gasteiger partial charge in [0, 0.05) is 19.3 Å². The van der Waals surface area contributed by atoms with E-state index in [1.165, 1.54) is 148 Å². The van der Waals surface area contributed by atoms with Gasteiger partial charge in [0.05, 0.1) is 0 Å². The van der Waals surface area contributed by atoms with Gasteiger partial charge in [-0.15, -0.1) is 0 Å². The highest BCUT2D eigenvalue weighted by atomic mass is 16.6. The Hall–Kier alpha value is -1.85. The summed E-state index contributed by atoms with van der Waals surface area (Å²) in [6.45, 7) is 6.60. The summed E-state index contributed by atoms with van der Waals surface area (Å²) in [5.41, 5.74) is 0. The summed E-state index contributed by atoms with van der Waals surface area (Å²) in [4.78, 5) is 37.6. The molecule has 0 bridgehead atoms. The number of hydrogen-bond donors (Lipinski definition) is 0. The Morgan fingerprint density at radius 1 is 0.358 bits per heavy atom. The average molecular weight is 749 g/mol.